The number of carbonyl (C=O) groups excluding carboxylic acids is 1. The quantitative estimate of drug-likeness (QED) is 0.681. The first-order chi connectivity index (χ1) is 5.84. The first-order valence-corrected chi connectivity index (χ1v) is 4.69. The summed E-state index contributed by atoms with van der Waals surface area (Å²) in [5.74, 6) is -0.282. The van der Waals surface area contributed by atoms with Gasteiger partial charge in [0.1, 0.15) is 0 Å². The van der Waals surface area contributed by atoms with Gasteiger partial charge in [-0.1, -0.05) is 13.8 Å². The average Bonchev–Trinajstić information content (AvgIpc) is 2.03. The Morgan fingerprint density at radius 1 is 1.46 bits per heavy atom. The Balaban J connectivity index is 4.45. The molecule has 0 fully saturated rings. The highest BCUT2D eigenvalue weighted by atomic mass is 16.5. The number of aliphatic hydroxyl groups is 1. The van der Waals surface area contributed by atoms with Crippen LogP contribution in [0.5, 0.6) is 0 Å². The van der Waals surface area contributed by atoms with E-state index in [0.29, 0.717) is 6.61 Å². The van der Waals surface area contributed by atoms with Crippen LogP contribution in [0, 0.1) is 11.3 Å². The number of esters is 1. The Hall–Kier alpha value is -0.570. The first-order valence-electron chi connectivity index (χ1n) is 4.69. The lowest BCUT2D eigenvalue weighted by atomic mass is 9.81. The fourth-order valence-electron chi connectivity index (χ4n) is 1.27. The molecule has 0 aromatic carbocycles. The van der Waals surface area contributed by atoms with Crippen LogP contribution in [0.25, 0.3) is 0 Å². The van der Waals surface area contributed by atoms with Crippen molar-refractivity contribution in [2.24, 2.45) is 11.3 Å². The lowest BCUT2D eigenvalue weighted by Gasteiger charge is -2.30. The Labute approximate surface area is 80.1 Å². The van der Waals surface area contributed by atoms with Crippen molar-refractivity contribution in [1.82, 2.24) is 0 Å². The van der Waals surface area contributed by atoms with E-state index in [4.69, 9.17) is 4.74 Å². The maximum Gasteiger partial charge on any atom is 0.314 e. The van der Waals surface area contributed by atoms with Crippen molar-refractivity contribution in [2.75, 3.05) is 6.61 Å². The fraction of sp³-hybridized carbons (Fsp3) is 0.900. The molecule has 13 heavy (non-hydrogen) atoms. The van der Waals surface area contributed by atoms with Gasteiger partial charge in [0.2, 0.25) is 0 Å². The van der Waals surface area contributed by atoms with Gasteiger partial charge < -0.3 is 9.84 Å². The lowest BCUT2D eigenvalue weighted by molar-refractivity contribution is -0.161. The second kappa shape index (κ2) is 4.61. The van der Waals surface area contributed by atoms with Crippen LogP contribution in [0.1, 0.15) is 34.6 Å². The Morgan fingerprint density at radius 2 is 1.92 bits per heavy atom. The monoisotopic (exact) mass is 188 g/mol. The average molecular weight is 188 g/mol. The molecule has 1 unspecified atom stereocenters. The van der Waals surface area contributed by atoms with E-state index < -0.39 is 11.5 Å². The molecule has 0 saturated heterocycles. The van der Waals surface area contributed by atoms with Crippen LogP contribution in [-0.4, -0.2) is 23.8 Å². The van der Waals surface area contributed by atoms with Gasteiger partial charge in [0.05, 0.1) is 18.1 Å². The van der Waals surface area contributed by atoms with Crippen LogP contribution in [-0.2, 0) is 9.53 Å². The molecule has 0 aromatic rings. The predicted molar refractivity (Wildman–Crippen MR) is 51.3 cm³/mol. The second-order valence-corrected chi connectivity index (χ2v) is 4.13. The van der Waals surface area contributed by atoms with Gasteiger partial charge in [0.25, 0.3) is 0 Å². The van der Waals surface area contributed by atoms with Gasteiger partial charge in [0.15, 0.2) is 0 Å². The third kappa shape index (κ3) is 2.99. The van der Waals surface area contributed by atoms with Gasteiger partial charge in [-0.05, 0) is 26.7 Å². The van der Waals surface area contributed by atoms with Gasteiger partial charge >= 0.3 is 5.97 Å². The van der Waals surface area contributed by atoms with E-state index in [0.717, 1.165) is 0 Å². The van der Waals surface area contributed by atoms with Crippen molar-refractivity contribution < 1.29 is 14.6 Å². The molecule has 0 radical (unpaired) electrons. The molecule has 0 bridgehead atoms. The zero-order valence-electron chi connectivity index (χ0n) is 9.13. The van der Waals surface area contributed by atoms with Crippen molar-refractivity contribution in [2.45, 2.75) is 40.7 Å². The minimum Gasteiger partial charge on any atom is -0.466 e. The Kier molecular flexibility index (Phi) is 4.40. The van der Waals surface area contributed by atoms with Crippen LogP contribution in [0.2, 0.25) is 0 Å². The smallest absolute Gasteiger partial charge is 0.314 e. The molecule has 3 heteroatoms. The molecule has 0 rings (SSSR count). The number of ether oxygens (including phenoxy) is 1. The molecular formula is C10H20O3. The molecule has 1 atom stereocenters. The minimum atomic E-state index is -0.815. The normalized spacial score (nSPS) is 14.4. The fourth-order valence-corrected chi connectivity index (χ4v) is 1.27. The van der Waals surface area contributed by atoms with Gasteiger partial charge in [-0.25, -0.2) is 0 Å². The van der Waals surface area contributed by atoms with Gasteiger partial charge in [-0.2, -0.15) is 0 Å². The van der Waals surface area contributed by atoms with E-state index in [9.17, 15) is 9.90 Å². The van der Waals surface area contributed by atoms with E-state index in [1.165, 1.54) is 0 Å². The Bertz CT molecular complexity index is 173. The third-order valence-corrected chi connectivity index (χ3v) is 2.17. The molecule has 0 aliphatic carbocycles. The van der Waals surface area contributed by atoms with Gasteiger partial charge in [0, 0.05) is 0 Å². The minimum absolute atomic E-state index is 0.0550. The summed E-state index contributed by atoms with van der Waals surface area (Å²) in [5.41, 5.74) is -0.815. The summed E-state index contributed by atoms with van der Waals surface area (Å²) in [7, 11) is 0. The van der Waals surface area contributed by atoms with E-state index in [2.05, 4.69) is 0 Å². The highest BCUT2D eigenvalue weighted by Crippen LogP contribution is 2.27. The standard InChI is InChI=1S/C10H20O3/c1-6-13-9(12)10(4,5)8(11)7(2)3/h7-8,11H,6H2,1-5H3. The summed E-state index contributed by atoms with van der Waals surface area (Å²) in [6.07, 6.45) is -0.661. The summed E-state index contributed by atoms with van der Waals surface area (Å²) < 4.78 is 4.88. The maximum absolute atomic E-state index is 11.4. The zero-order chi connectivity index (χ0) is 10.6. The molecule has 3 nitrogen and oxygen atoms in total. The Morgan fingerprint density at radius 3 is 2.23 bits per heavy atom. The van der Waals surface area contributed by atoms with E-state index in [1.807, 2.05) is 13.8 Å². The SMILES string of the molecule is CCOC(=O)C(C)(C)C(O)C(C)C. The lowest BCUT2D eigenvalue weighted by Crippen LogP contribution is -2.41. The second-order valence-electron chi connectivity index (χ2n) is 4.13. The summed E-state index contributed by atoms with van der Waals surface area (Å²) >= 11 is 0. The topological polar surface area (TPSA) is 46.5 Å². The van der Waals surface area contributed by atoms with Crippen LogP contribution in [0.15, 0.2) is 0 Å². The molecule has 0 aliphatic rings. The van der Waals surface area contributed by atoms with E-state index in [1.54, 1.807) is 20.8 Å². The molecule has 0 amide bonds. The summed E-state index contributed by atoms with van der Waals surface area (Å²) in [5, 5.41) is 9.75. The molecule has 78 valence electrons. The predicted octanol–water partition coefficient (Wildman–Crippen LogP) is 1.59. The summed E-state index contributed by atoms with van der Waals surface area (Å²) in [6.45, 7) is 9.28. The van der Waals surface area contributed by atoms with Crippen molar-refractivity contribution in [3.8, 4) is 0 Å². The first kappa shape index (κ1) is 12.4. The number of aliphatic hydroxyl groups excluding tert-OH is 1. The van der Waals surface area contributed by atoms with Crippen molar-refractivity contribution in [3.05, 3.63) is 0 Å². The molecule has 0 heterocycles. The molecule has 0 saturated carbocycles. The molecule has 1 N–H and O–H groups in total. The molecule has 0 spiro atoms. The highest BCUT2D eigenvalue weighted by molar-refractivity contribution is 5.76. The molecular weight excluding hydrogens is 168 g/mol. The van der Waals surface area contributed by atoms with Gasteiger partial charge in [-0.3, -0.25) is 4.79 Å². The van der Waals surface area contributed by atoms with Gasteiger partial charge in [-0.15, -0.1) is 0 Å². The number of hydrogen-bond donors (Lipinski definition) is 1. The number of carbonyl (C=O) groups is 1. The zero-order valence-corrected chi connectivity index (χ0v) is 9.13. The van der Waals surface area contributed by atoms with Crippen LogP contribution in [0.3, 0.4) is 0 Å². The molecule has 0 aromatic heterocycles. The van der Waals surface area contributed by atoms with Crippen LogP contribution in [0.4, 0.5) is 0 Å². The van der Waals surface area contributed by atoms with E-state index in [-0.39, 0.29) is 11.9 Å². The van der Waals surface area contributed by atoms with Crippen LogP contribution >= 0.6 is 0 Å². The third-order valence-electron chi connectivity index (χ3n) is 2.17. The number of rotatable bonds is 4. The summed E-state index contributed by atoms with van der Waals surface area (Å²) in [4.78, 5) is 11.4. The summed E-state index contributed by atoms with van der Waals surface area (Å²) in [6, 6.07) is 0. The number of hydrogen-bond acceptors (Lipinski definition) is 3. The molecule has 0 aliphatic heterocycles. The van der Waals surface area contributed by atoms with Crippen molar-refractivity contribution in [1.29, 1.82) is 0 Å². The van der Waals surface area contributed by atoms with Crippen molar-refractivity contribution in [3.63, 3.8) is 0 Å². The van der Waals surface area contributed by atoms with E-state index >= 15 is 0 Å². The van der Waals surface area contributed by atoms with Crippen molar-refractivity contribution >= 4 is 5.97 Å². The highest BCUT2D eigenvalue weighted by Gasteiger charge is 2.38. The maximum atomic E-state index is 11.4. The van der Waals surface area contributed by atoms with Crippen LogP contribution < -0.4 is 0 Å². The largest absolute Gasteiger partial charge is 0.466 e.